The molecule has 20 heavy (non-hydrogen) atoms. The van der Waals surface area contributed by atoms with Gasteiger partial charge >= 0.3 is 8.56 Å². The van der Waals surface area contributed by atoms with E-state index in [1.165, 1.54) is 19.3 Å². The highest BCUT2D eigenvalue weighted by molar-refractivity contribution is 6.66. The molecule has 0 bridgehead atoms. The SMILES string of the molecule is CCCCCCN=CC1COCCC[Si](C)(OCC)O1. The molecule has 1 aliphatic heterocycles. The van der Waals surface area contributed by atoms with E-state index in [9.17, 15) is 0 Å². The smallest absolute Gasteiger partial charge is 0.335 e. The third-order valence-electron chi connectivity index (χ3n) is 3.46. The van der Waals surface area contributed by atoms with Crippen molar-refractivity contribution in [3.05, 3.63) is 0 Å². The molecule has 0 aromatic rings. The number of hydrogen-bond donors (Lipinski definition) is 0. The van der Waals surface area contributed by atoms with Gasteiger partial charge in [0.1, 0.15) is 6.10 Å². The van der Waals surface area contributed by atoms with E-state index in [0.29, 0.717) is 6.61 Å². The fourth-order valence-electron chi connectivity index (χ4n) is 2.41. The number of hydrogen-bond acceptors (Lipinski definition) is 4. The van der Waals surface area contributed by atoms with Crippen molar-refractivity contribution in [2.75, 3.05) is 26.4 Å². The van der Waals surface area contributed by atoms with Crippen LogP contribution in [0.5, 0.6) is 0 Å². The first kappa shape index (κ1) is 17.8. The highest BCUT2D eigenvalue weighted by Crippen LogP contribution is 2.20. The summed E-state index contributed by atoms with van der Waals surface area (Å²) in [6.45, 7) is 9.45. The Morgan fingerprint density at radius 2 is 2.15 bits per heavy atom. The van der Waals surface area contributed by atoms with Crippen molar-refractivity contribution >= 4 is 14.8 Å². The molecule has 5 heteroatoms. The summed E-state index contributed by atoms with van der Waals surface area (Å²) < 4.78 is 17.7. The van der Waals surface area contributed by atoms with E-state index in [1.807, 2.05) is 13.1 Å². The van der Waals surface area contributed by atoms with Crippen molar-refractivity contribution in [3.8, 4) is 0 Å². The monoisotopic (exact) mass is 301 g/mol. The lowest BCUT2D eigenvalue weighted by atomic mass is 10.2. The minimum absolute atomic E-state index is 0.0373. The number of aliphatic imine (C=N–C) groups is 1. The zero-order valence-corrected chi connectivity index (χ0v) is 14.4. The highest BCUT2D eigenvalue weighted by atomic mass is 28.4. The molecule has 1 heterocycles. The van der Waals surface area contributed by atoms with Crippen LogP contribution in [0, 0.1) is 0 Å². The Labute approximate surface area is 125 Å². The molecule has 2 unspecified atom stereocenters. The van der Waals surface area contributed by atoms with E-state index in [1.54, 1.807) is 0 Å². The fraction of sp³-hybridized carbons (Fsp3) is 0.933. The molecular weight excluding hydrogens is 270 g/mol. The second-order valence-electron chi connectivity index (χ2n) is 5.52. The van der Waals surface area contributed by atoms with Crippen molar-refractivity contribution in [3.63, 3.8) is 0 Å². The predicted molar refractivity (Wildman–Crippen MR) is 85.9 cm³/mol. The maximum atomic E-state index is 6.19. The van der Waals surface area contributed by atoms with Gasteiger partial charge in [0.25, 0.3) is 0 Å². The van der Waals surface area contributed by atoms with Crippen molar-refractivity contribution in [2.45, 2.75) is 64.6 Å². The van der Waals surface area contributed by atoms with E-state index >= 15 is 0 Å². The number of nitrogens with zero attached hydrogens (tertiary/aromatic N) is 1. The zero-order valence-electron chi connectivity index (χ0n) is 13.4. The Hall–Kier alpha value is -0.233. The molecule has 1 saturated heterocycles. The van der Waals surface area contributed by atoms with E-state index in [2.05, 4.69) is 18.5 Å². The van der Waals surface area contributed by atoms with Gasteiger partial charge in [0.2, 0.25) is 0 Å². The Balaban J connectivity index is 2.38. The normalized spacial score (nSPS) is 28.4. The molecule has 0 saturated carbocycles. The van der Waals surface area contributed by atoms with E-state index in [0.717, 1.165) is 38.6 Å². The quantitative estimate of drug-likeness (QED) is 0.391. The van der Waals surface area contributed by atoms with E-state index in [-0.39, 0.29) is 6.10 Å². The van der Waals surface area contributed by atoms with E-state index in [4.69, 9.17) is 13.6 Å². The first-order valence-corrected chi connectivity index (χ1v) is 10.6. The summed E-state index contributed by atoms with van der Waals surface area (Å²) in [5.74, 6) is 0. The van der Waals surface area contributed by atoms with Crippen LogP contribution in [0.3, 0.4) is 0 Å². The second kappa shape index (κ2) is 10.5. The largest absolute Gasteiger partial charge is 0.395 e. The zero-order chi connectivity index (χ0) is 14.7. The molecule has 0 aromatic carbocycles. The molecule has 1 rings (SSSR count). The minimum atomic E-state index is -2.03. The topological polar surface area (TPSA) is 40.0 Å². The van der Waals surface area contributed by atoms with Gasteiger partial charge in [0.15, 0.2) is 0 Å². The van der Waals surface area contributed by atoms with Crippen LogP contribution >= 0.6 is 0 Å². The summed E-state index contributed by atoms with van der Waals surface area (Å²) >= 11 is 0. The Bertz CT molecular complexity index is 276. The van der Waals surface area contributed by atoms with Crippen LogP contribution in [0.15, 0.2) is 4.99 Å². The van der Waals surface area contributed by atoms with Gasteiger partial charge in [-0.15, -0.1) is 0 Å². The van der Waals surface area contributed by atoms with Crippen LogP contribution in [-0.2, 0) is 13.6 Å². The average molecular weight is 302 g/mol. The maximum Gasteiger partial charge on any atom is 0.335 e. The van der Waals surface area contributed by atoms with Crippen LogP contribution in [-0.4, -0.2) is 47.2 Å². The van der Waals surface area contributed by atoms with Crippen molar-refractivity contribution in [1.29, 1.82) is 0 Å². The van der Waals surface area contributed by atoms with Gasteiger partial charge in [-0.05, 0) is 32.4 Å². The summed E-state index contributed by atoms with van der Waals surface area (Å²) in [6, 6.07) is 1.00. The molecule has 0 N–H and O–H groups in total. The van der Waals surface area contributed by atoms with Gasteiger partial charge in [-0.2, -0.15) is 0 Å². The average Bonchev–Trinajstić information content (AvgIpc) is 2.40. The van der Waals surface area contributed by atoms with Crippen LogP contribution in [0.1, 0.15) is 46.0 Å². The third-order valence-corrected chi connectivity index (χ3v) is 6.43. The molecular formula is C15H31NO3Si. The van der Waals surface area contributed by atoms with Crippen LogP contribution in [0.2, 0.25) is 12.6 Å². The molecule has 4 nitrogen and oxygen atoms in total. The van der Waals surface area contributed by atoms with Gasteiger partial charge in [0, 0.05) is 26.0 Å². The number of ether oxygens (including phenoxy) is 1. The number of rotatable bonds is 8. The molecule has 0 spiro atoms. The Morgan fingerprint density at radius 1 is 1.30 bits per heavy atom. The summed E-state index contributed by atoms with van der Waals surface area (Å²) in [7, 11) is -2.03. The summed E-state index contributed by atoms with van der Waals surface area (Å²) in [6.07, 6.45) is 7.92. The molecule has 118 valence electrons. The van der Waals surface area contributed by atoms with Gasteiger partial charge in [0.05, 0.1) is 6.61 Å². The molecule has 0 aromatic heterocycles. The lowest BCUT2D eigenvalue weighted by molar-refractivity contribution is 0.0445. The van der Waals surface area contributed by atoms with Crippen molar-refractivity contribution < 1.29 is 13.6 Å². The van der Waals surface area contributed by atoms with Gasteiger partial charge < -0.3 is 13.6 Å². The third kappa shape index (κ3) is 7.52. The molecule has 1 fully saturated rings. The first-order valence-electron chi connectivity index (χ1n) is 8.09. The lowest BCUT2D eigenvalue weighted by Crippen LogP contribution is -2.45. The maximum absolute atomic E-state index is 6.19. The van der Waals surface area contributed by atoms with Gasteiger partial charge in [-0.25, -0.2) is 0 Å². The summed E-state index contributed by atoms with van der Waals surface area (Å²) in [4.78, 5) is 4.50. The molecule has 0 aliphatic carbocycles. The van der Waals surface area contributed by atoms with Gasteiger partial charge in [-0.1, -0.05) is 26.2 Å². The first-order chi connectivity index (χ1) is 9.70. The minimum Gasteiger partial charge on any atom is -0.395 e. The molecule has 1 aliphatic rings. The fourth-order valence-corrected chi connectivity index (χ4v) is 4.91. The number of unbranched alkanes of at least 4 members (excludes halogenated alkanes) is 3. The Morgan fingerprint density at radius 3 is 2.90 bits per heavy atom. The Kier molecular flexibility index (Phi) is 9.34. The van der Waals surface area contributed by atoms with Gasteiger partial charge in [-0.3, -0.25) is 4.99 Å². The summed E-state index contributed by atoms with van der Waals surface area (Å²) in [5.41, 5.74) is 0. The van der Waals surface area contributed by atoms with E-state index < -0.39 is 8.56 Å². The predicted octanol–water partition coefficient (Wildman–Crippen LogP) is 3.55. The van der Waals surface area contributed by atoms with Crippen molar-refractivity contribution in [1.82, 2.24) is 0 Å². The van der Waals surface area contributed by atoms with Crippen LogP contribution in [0.25, 0.3) is 0 Å². The second-order valence-corrected chi connectivity index (χ2v) is 8.81. The van der Waals surface area contributed by atoms with Crippen LogP contribution in [0.4, 0.5) is 0 Å². The highest BCUT2D eigenvalue weighted by Gasteiger charge is 2.34. The van der Waals surface area contributed by atoms with Crippen LogP contribution < -0.4 is 0 Å². The molecule has 0 amide bonds. The lowest BCUT2D eigenvalue weighted by Gasteiger charge is -2.32. The standard InChI is InChI=1S/C15H31NO3Si/c1-4-6-7-8-10-16-13-15-14-17-11-9-12-20(3,19-15)18-5-2/h13,15H,4-12,14H2,1-3H3. The molecule has 0 radical (unpaired) electrons. The van der Waals surface area contributed by atoms with Crippen molar-refractivity contribution in [2.24, 2.45) is 4.99 Å². The summed E-state index contributed by atoms with van der Waals surface area (Å²) in [5, 5.41) is 0. The molecule has 2 atom stereocenters.